The maximum atomic E-state index is 12.9. The lowest BCUT2D eigenvalue weighted by atomic mass is 10.1. The lowest BCUT2D eigenvalue weighted by Gasteiger charge is -2.16. The Morgan fingerprint density at radius 2 is 1.96 bits per heavy atom. The quantitative estimate of drug-likeness (QED) is 0.586. The number of hydrogen-bond donors (Lipinski definition) is 0. The van der Waals surface area contributed by atoms with Crippen LogP contribution >= 0.6 is 11.6 Å². The van der Waals surface area contributed by atoms with E-state index in [1.165, 1.54) is 0 Å². The molecule has 0 spiro atoms. The molecule has 0 saturated carbocycles. The van der Waals surface area contributed by atoms with Crippen LogP contribution in [0.3, 0.4) is 0 Å². The minimum atomic E-state index is -0.453. The summed E-state index contributed by atoms with van der Waals surface area (Å²) < 4.78 is 0. The van der Waals surface area contributed by atoms with Gasteiger partial charge in [-0.2, -0.15) is 0 Å². The Bertz CT molecular complexity index is 877. The number of amides is 1. The van der Waals surface area contributed by atoms with Crippen LogP contribution in [0.15, 0.2) is 53.7 Å². The van der Waals surface area contributed by atoms with Crippen molar-refractivity contribution in [2.75, 3.05) is 4.90 Å². The van der Waals surface area contributed by atoms with Crippen LogP contribution < -0.4 is 4.90 Å². The molecule has 1 amide bonds. The second kappa shape index (κ2) is 7.70. The Morgan fingerprint density at radius 1 is 1.19 bits per heavy atom. The first kappa shape index (κ1) is 18.1. The summed E-state index contributed by atoms with van der Waals surface area (Å²) in [6.45, 7) is 4.18. The SMILES string of the molecule is CC(C)CC(=O)O/N=C1/C(=O)N(Cc2cccc(Cl)c2)c2ccccc21. The fraction of sp³-hybridized carbons (Fsp3) is 0.250. The lowest BCUT2D eigenvalue weighted by Crippen LogP contribution is -2.29. The van der Waals surface area contributed by atoms with E-state index in [2.05, 4.69) is 5.16 Å². The first-order valence-corrected chi connectivity index (χ1v) is 8.77. The molecular formula is C20H19ClN2O3. The van der Waals surface area contributed by atoms with Gasteiger partial charge in [0.2, 0.25) is 0 Å². The smallest absolute Gasteiger partial charge is 0.317 e. The number of halogens is 1. The van der Waals surface area contributed by atoms with Crippen LogP contribution in [0.25, 0.3) is 0 Å². The van der Waals surface area contributed by atoms with Crippen LogP contribution in [0, 0.1) is 5.92 Å². The first-order valence-electron chi connectivity index (χ1n) is 8.39. The molecule has 0 N–H and O–H groups in total. The molecule has 5 nitrogen and oxygen atoms in total. The molecule has 6 heteroatoms. The van der Waals surface area contributed by atoms with Crippen molar-refractivity contribution < 1.29 is 14.4 Å². The highest BCUT2D eigenvalue weighted by Crippen LogP contribution is 2.31. The maximum absolute atomic E-state index is 12.9. The van der Waals surface area contributed by atoms with Gasteiger partial charge in [-0.3, -0.25) is 4.79 Å². The van der Waals surface area contributed by atoms with Gasteiger partial charge in [0.15, 0.2) is 5.71 Å². The fourth-order valence-corrected chi connectivity index (χ4v) is 3.00. The zero-order chi connectivity index (χ0) is 18.7. The van der Waals surface area contributed by atoms with Crippen LogP contribution in [0.1, 0.15) is 31.4 Å². The van der Waals surface area contributed by atoms with Crippen molar-refractivity contribution in [3.63, 3.8) is 0 Å². The van der Waals surface area contributed by atoms with Crippen molar-refractivity contribution in [1.29, 1.82) is 0 Å². The molecule has 0 radical (unpaired) electrons. The Morgan fingerprint density at radius 3 is 2.69 bits per heavy atom. The van der Waals surface area contributed by atoms with E-state index in [-0.39, 0.29) is 24.0 Å². The Labute approximate surface area is 157 Å². The highest BCUT2D eigenvalue weighted by Gasteiger charge is 2.34. The zero-order valence-electron chi connectivity index (χ0n) is 14.6. The number of para-hydroxylation sites is 1. The van der Waals surface area contributed by atoms with E-state index in [0.29, 0.717) is 17.1 Å². The molecule has 1 aliphatic heterocycles. The molecule has 134 valence electrons. The van der Waals surface area contributed by atoms with E-state index in [1.54, 1.807) is 17.0 Å². The van der Waals surface area contributed by atoms with E-state index in [0.717, 1.165) is 11.3 Å². The normalized spacial score (nSPS) is 14.8. The minimum absolute atomic E-state index is 0.139. The van der Waals surface area contributed by atoms with Crippen molar-refractivity contribution in [3.8, 4) is 0 Å². The molecule has 0 saturated heterocycles. The molecule has 0 unspecified atom stereocenters. The highest BCUT2D eigenvalue weighted by atomic mass is 35.5. The summed E-state index contributed by atoms with van der Waals surface area (Å²) in [4.78, 5) is 31.2. The minimum Gasteiger partial charge on any atom is -0.317 e. The Hall–Kier alpha value is -2.66. The van der Waals surface area contributed by atoms with Gasteiger partial charge < -0.3 is 9.74 Å². The van der Waals surface area contributed by atoms with Gasteiger partial charge in [0, 0.05) is 10.6 Å². The van der Waals surface area contributed by atoms with Crippen molar-refractivity contribution in [2.45, 2.75) is 26.8 Å². The summed E-state index contributed by atoms with van der Waals surface area (Å²) in [6.07, 6.45) is 0.249. The number of anilines is 1. The average Bonchev–Trinajstić information content (AvgIpc) is 2.85. The second-order valence-electron chi connectivity index (χ2n) is 6.54. The summed E-state index contributed by atoms with van der Waals surface area (Å²) in [5.74, 6) is -0.594. The summed E-state index contributed by atoms with van der Waals surface area (Å²) in [5, 5.41) is 4.47. The maximum Gasteiger partial charge on any atom is 0.335 e. The topological polar surface area (TPSA) is 59.0 Å². The standard InChI is InChI=1S/C20H19ClN2O3/c1-13(2)10-18(24)26-22-19-16-8-3-4-9-17(16)23(20(19)25)12-14-6-5-7-15(21)11-14/h3-9,11,13H,10,12H2,1-2H3/b22-19+. The third-order valence-corrected chi connectivity index (χ3v) is 4.18. The second-order valence-corrected chi connectivity index (χ2v) is 6.98. The summed E-state index contributed by atoms with van der Waals surface area (Å²) in [7, 11) is 0. The van der Waals surface area contributed by atoms with Crippen LogP contribution in [-0.4, -0.2) is 17.6 Å². The predicted molar refractivity (Wildman–Crippen MR) is 101 cm³/mol. The largest absolute Gasteiger partial charge is 0.335 e. The molecule has 2 aromatic carbocycles. The number of rotatable bonds is 5. The van der Waals surface area contributed by atoms with Crippen molar-refractivity contribution in [3.05, 3.63) is 64.7 Å². The van der Waals surface area contributed by atoms with E-state index < -0.39 is 5.97 Å². The number of carbonyl (C=O) groups excluding carboxylic acids is 2. The number of fused-ring (bicyclic) bond motifs is 1. The highest BCUT2D eigenvalue weighted by molar-refractivity contribution is 6.54. The Balaban J connectivity index is 1.87. The van der Waals surface area contributed by atoms with Gasteiger partial charge in [-0.15, -0.1) is 0 Å². The van der Waals surface area contributed by atoms with E-state index >= 15 is 0 Å². The number of oxime groups is 1. The summed E-state index contributed by atoms with van der Waals surface area (Å²) in [6, 6.07) is 14.6. The van der Waals surface area contributed by atoms with Crippen molar-refractivity contribution in [1.82, 2.24) is 0 Å². The zero-order valence-corrected chi connectivity index (χ0v) is 15.4. The van der Waals surface area contributed by atoms with Gasteiger partial charge in [0.25, 0.3) is 5.91 Å². The molecule has 0 fully saturated rings. The van der Waals surface area contributed by atoms with Gasteiger partial charge in [-0.05, 0) is 29.7 Å². The first-order chi connectivity index (χ1) is 12.5. The van der Waals surface area contributed by atoms with Crippen molar-refractivity contribution in [2.24, 2.45) is 11.1 Å². The molecule has 0 atom stereocenters. The van der Waals surface area contributed by atoms with Crippen LogP contribution in [0.5, 0.6) is 0 Å². The molecule has 26 heavy (non-hydrogen) atoms. The third kappa shape index (κ3) is 3.94. The number of carbonyl (C=O) groups is 2. The average molecular weight is 371 g/mol. The van der Waals surface area contributed by atoms with Gasteiger partial charge >= 0.3 is 5.97 Å². The molecule has 2 aromatic rings. The monoisotopic (exact) mass is 370 g/mol. The molecule has 1 aliphatic rings. The van der Waals surface area contributed by atoms with Gasteiger partial charge in [-0.1, -0.05) is 60.9 Å². The molecule has 0 bridgehead atoms. The van der Waals surface area contributed by atoms with Crippen molar-refractivity contribution >= 4 is 34.9 Å². The Kier molecular flexibility index (Phi) is 5.38. The third-order valence-electron chi connectivity index (χ3n) is 3.94. The summed E-state index contributed by atoms with van der Waals surface area (Å²) >= 11 is 6.04. The van der Waals surface area contributed by atoms with E-state index in [4.69, 9.17) is 16.4 Å². The van der Waals surface area contributed by atoms with Gasteiger partial charge in [-0.25, -0.2) is 4.79 Å². The molecule has 1 heterocycles. The summed E-state index contributed by atoms with van der Waals surface area (Å²) in [5.41, 5.74) is 2.42. The van der Waals surface area contributed by atoms with Crippen LogP contribution in [0.4, 0.5) is 5.69 Å². The number of benzene rings is 2. The van der Waals surface area contributed by atoms with Gasteiger partial charge in [0.05, 0.1) is 18.7 Å². The molecule has 3 rings (SSSR count). The number of nitrogens with zero attached hydrogens (tertiary/aromatic N) is 2. The fourth-order valence-electron chi connectivity index (χ4n) is 2.79. The predicted octanol–water partition coefficient (Wildman–Crippen LogP) is 4.18. The van der Waals surface area contributed by atoms with E-state index in [9.17, 15) is 9.59 Å². The lowest BCUT2D eigenvalue weighted by molar-refractivity contribution is -0.144. The van der Waals surface area contributed by atoms with E-state index in [1.807, 2.05) is 50.2 Å². The van der Waals surface area contributed by atoms with Crippen LogP contribution in [0.2, 0.25) is 5.02 Å². The molecule has 0 aliphatic carbocycles. The van der Waals surface area contributed by atoms with Gasteiger partial charge in [0.1, 0.15) is 0 Å². The molecular weight excluding hydrogens is 352 g/mol. The molecule has 0 aromatic heterocycles. The van der Waals surface area contributed by atoms with Crippen LogP contribution in [-0.2, 0) is 21.0 Å². The number of hydrogen-bond acceptors (Lipinski definition) is 4.